The van der Waals surface area contributed by atoms with Gasteiger partial charge in [0.2, 0.25) is 0 Å². The number of methoxy groups -OCH3 is 2. The average molecular weight is 351 g/mol. The minimum atomic E-state index is 0.863. The van der Waals surface area contributed by atoms with Gasteiger partial charge in [-0.1, -0.05) is 30.3 Å². The number of anilines is 1. The van der Waals surface area contributed by atoms with Gasteiger partial charge in [-0.05, 0) is 30.4 Å². The fourth-order valence-corrected chi connectivity index (χ4v) is 3.03. The van der Waals surface area contributed by atoms with Crippen molar-refractivity contribution >= 4 is 18.0 Å². The van der Waals surface area contributed by atoms with Crippen molar-refractivity contribution in [1.82, 2.24) is 5.01 Å². The van der Waals surface area contributed by atoms with Crippen molar-refractivity contribution < 1.29 is 9.47 Å². The maximum atomic E-state index is 5.46. The van der Waals surface area contributed by atoms with E-state index in [0.717, 1.165) is 48.9 Å². The van der Waals surface area contributed by atoms with E-state index in [4.69, 9.17) is 9.47 Å². The first-order valence-corrected chi connectivity index (χ1v) is 8.78. The van der Waals surface area contributed by atoms with Crippen LogP contribution in [0.15, 0.2) is 59.7 Å². The zero-order valence-electron chi connectivity index (χ0n) is 15.3. The number of nitrogens with zero attached hydrogens (tertiary/aromatic N) is 3. The molecule has 1 saturated heterocycles. The van der Waals surface area contributed by atoms with Crippen LogP contribution in [-0.2, 0) is 0 Å². The molecular formula is C21H25N3O2. The Labute approximate surface area is 155 Å². The van der Waals surface area contributed by atoms with Crippen molar-refractivity contribution in [2.24, 2.45) is 5.10 Å². The molecule has 3 rings (SSSR count). The molecule has 0 radical (unpaired) electrons. The molecule has 1 heterocycles. The second kappa shape index (κ2) is 8.94. The van der Waals surface area contributed by atoms with Crippen LogP contribution in [0.4, 0.5) is 5.69 Å². The molecule has 0 aromatic heterocycles. The number of hydrazone groups is 1. The first kappa shape index (κ1) is 17.9. The Bertz CT molecular complexity index is 765. The van der Waals surface area contributed by atoms with Gasteiger partial charge in [0.05, 0.1) is 33.0 Å². The Morgan fingerprint density at radius 1 is 0.846 bits per heavy atom. The molecule has 1 aliphatic heterocycles. The highest BCUT2D eigenvalue weighted by molar-refractivity contribution is 5.79. The molecule has 0 atom stereocenters. The topological polar surface area (TPSA) is 37.3 Å². The molecule has 0 N–H and O–H groups in total. The summed E-state index contributed by atoms with van der Waals surface area (Å²) in [5.74, 6) is 1.78. The molecule has 5 heteroatoms. The fraction of sp³-hybridized carbons (Fsp3) is 0.286. The van der Waals surface area contributed by atoms with Crippen LogP contribution >= 0.6 is 0 Å². The second-order valence-electron chi connectivity index (χ2n) is 5.98. The molecule has 1 fully saturated rings. The van der Waals surface area contributed by atoms with E-state index in [1.807, 2.05) is 60.8 Å². The fourth-order valence-electron chi connectivity index (χ4n) is 3.03. The predicted molar refractivity (Wildman–Crippen MR) is 107 cm³/mol. The second-order valence-corrected chi connectivity index (χ2v) is 5.98. The third kappa shape index (κ3) is 4.36. The van der Waals surface area contributed by atoms with Gasteiger partial charge >= 0.3 is 0 Å². The first-order chi connectivity index (χ1) is 12.8. The Kier molecular flexibility index (Phi) is 6.14. The summed E-state index contributed by atoms with van der Waals surface area (Å²) >= 11 is 0. The molecule has 1 aliphatic rings. The van der Waals surface area contributed by atoms with E-state index in [1.54, 1.807) is 14.2 Å². The number of piperazine rings is 1. The minimum absolute atomic E-state index is 0.863. The van der Waals surface area contributed by atoms with Crippen LogP contribution in [-0.4, -0.2) is 51.6 Å². The summed E-state index contributed by atoms with van der Waals surface area (Å²) in [5, 5.41) is 6.64. The van der Waals surface area contributed by atoms with E-state index in [1.165, 1.54) is 0 Å². The van der Waals surface area contributed by atoms with Crippen molar-refractivity contribution in [3.05, 3.63) is 60.2 Å². The van der Waals surface area contributed by atoms with E-state index in [2.05, 4.69) is 21.1 Å². The van der Waals surface area contributed by atoms with E-state index in [9.17, 15) is 0 Å². The highest BCUT2D eigenvalue weighted by Gasteiger charge is 2.18. The number of benzene rings is 2. The number of allylic oxidation sites excluding steroid dienone is 1. The van der Waals surface area contributed by atoms with Crippen molar-refractivity contribution in [2.45, 2.75) is 0 Å². The van der Waals surface area contributed by atoms with E-state index < -0.39 is 0 Å². The Balaban J connectivity index is 1.54. The van der Waals surface area contributed by atoms with Crippen LogP contribution in [0.25, 0.3) is 6.08 Å². The lowest BCUT2D eigenvalue weighted by Gasteiger charge is -2.35. The smallest absolute Gasteiger partial charge is 0.142 e. The number of hydrogen-bond donors (Lipinski definition) is 0. The van der Waals surface area contributed by atoms with Crippen LogP contribution in [0.5, 0.6) is 11.5 Å². The van der Waals surface area contributed by atoms with Gasteiger partial charge in [0.25, 0.3) is 0 Å². The van der Waals surface area contributed by atoms with Crippen LogP contribution < -0.4 is 14.4 Å². The number of hydrogen-bond acceptors (Lipinski definition) is 5. The van der Waals surface area contributed by atoms with Gasteiger partial charge in [-0.2, -0.15) is 5.10 Å². The average Bonchev–Trinajstić information content (AvgIpc) is 2.72. The Hall–Kier alpha value is -2.95. The SMILES string of the molecule is COc1ccccc1/C=C/C=N/N1CCN(c2ccccc2OC)CC1. The standard InChI is InChI=1S/C21H25N3O2/c1-25-20-11-5-3-8-18(20)9-7-13-22-24-16-14-23(15-17-24)19-10-4-6-12-21(19)26-2/h3-13H,14-17H2,1-2H3/b9-7+,22-13+. The lowest BCUT2D eigenvalue weighted by molar-refractivity contribution is 0.271. The maximum absolute atomic E-state index is 5.46. The molecular weight excluding hydrogens is 326 g/mol. The van der Waals surface area contributed by atoms with Crippen LogP contribution in [0.3, 0.4) is 0 Å². The quantitative estimate of drug-likeness (QED) is 0.746. The molecule has 0 saturated carbocycles. The summed E-state index contributed by atoms with van der Waals surface area (Å²) in [6.45, 7) is 3.62. The maximum Gasteiger partial charge on any atom is 0.142 e. The van der Waals surface area contributed by atoms with E-state index in [0.29, 0.717) is 0 Å². The molecule has 0 unspecified atom stereocenters. The Morgan fingerprint density at radius 3 is 2.23 bits per heavy atom. The van der Waals surface area contributed by atoms with Crippen molar-refractivity contribution in [3.8, 4) is 11.5 Å². The lowest BCUT2D eigenvalue weighted by atomic mass is 10.2. The zero-order valence-corrected chi connectivity index (χ0v) is 15.3. The molecule has 0 bridgehead atoms. The van der Waals surface area contributed by atoms with Crippen LogP contribution in [0.2, 0.25) is 0 Å². The minimum Gasteiger partial charge on any atom is -0.496 e. The summed E-state index contributed by atoms with van der Waals surface area (Å²) in [6, 6.07) is 16.1. The van der Waals surface area contributed by atoms with Gasteiger partial charge in [-0.3, -0.25) is 5.01 Å². The lowest BCUT2D eigenvalue weighted by Crippen LogP contribution is -2.44. The summed E-state index contributed by atoms with van der Waals surface area (Å²) in [5.41, 5.74) is 2.19. The molecule has 0 amide bonds. The van der Waals surface area contributed by atoms with Gasteiger partial charge < -0.3 is 14.4 Å². The van der Waals surface area contributed by atoms with Crippen molar-refractivity contribution in [1.29, 1.82) is 0 Å². The van der Waals surface area contributed by atoms with Crippen LogP contribution in [0.1, 0.15) is 5.56 Å². The third-order valence-electron chi connectivity index (χ3n) is 4.41. The van der Waals surface area contributed by atoms with Crippen LogP contribution in [0, 0.1) is 0 Å². The van der Waals surface area contributed by atoms with Crippen molar-refractivity contribution in [3.63, 3.8) is 0 Å². The van der Waals surface area contributed by atoms with E-state index in [-0.39, 0.29) is 0 Å². The molecule has 5 nitrogen and oxygen atoms in total. The summed E-state index contributed by atoms with van der Waals surface area (Å²) < 4.78 is 10.8. The zero-order chi connectivity index (χ0) is 18.2. The highest BCUT2D eigenvalue weighted by atomic mass is 16.5. The molecule has 136 valence electrons. The Morgan fingerprint density at radius 2 is 1.50 bits per heavy atom. The molecule has 2 aromatic carbocycles. The number of ether oxygens (including phenoxy) is 2. The molecule has 2 aromatic rings. The largest absolute Gasteiger partial charge is 0.496 e. The van der Waals surface area contributed by atoms with E-state index >= 15 is 0 Å². The van der Waals surface area contributed by atoms with Gasteiger partial charge in [-0.25, -0.2) is 0 Å². The number of para-hydroxylation sites is 3. The predicted octanol–water partition coefficient (Wildman–Crippen LogP) is 3.53. The summed E-state index contributed by atoms with van der Waals surface area (Å²) in [7, 11) is 3.40. The molecule has 0 spiro atoms. The molecule has 26 heavy (non-hydrogen) atoms. The van der Waals surface area contributed by atoms with Gasteiger partial charge in [0, 0.05) is 24.9 Å². The van der Waals surface area contributed by atoms with Gasteiger partial charge in [0.15, 0.2) is 0 Å². The molecule has 0 aliphatic carbocycles. The number of rotatable bonds is 6. The third-order valence-corrected chi connectivity index (χ3v) is 4.41. The summed E-state index contributed by atoms with van der Waals surface area (Å²) in [4.78, 5) is 2.34. The monoisotopic (exact) mass is 351 g/mol. The van der Waals surface area contributed by atoms with Gasteiger partial charge in [0.1, 0.15) is 11.5 Å². The normalized spacial score (nSPS) is 15.0. The highest BCUT2D eigenvalue weighted by Crippen LogP contribution is 2.28. The van der Waals surface area contributed by atoms with Crippen molar-refractivity contribution in [2.75, 3.05) is 45.3 Å². The van der Waals surface area contributed by atoms with Gasteiger partial charge in [-0.15, -0.1) is 0 Å². The first-order valence-electron chi connectivity index (χ1n) is 8.78. The summed E-state index contributed by atoms with van der Waals surface area (Å²) in [6.07, 6.45) is 5.79.